The predicted octanol–water partition coefficient (Wildman–Crippen LogP) is 2.24. The lowest BCUT2D eigenvalue weighted by atomic mass is 10.2. The number of ether oxygens (including phenoxy) is 1. The van der Waals surface area contributed by atoms with Crippen LogP contribution in [-0.4, -0.2) is 29.0 Å². The van der Waals surface area contributed by atoms with Gasteiger partial charge in [0.25, 0.3) is 5.91 Å². The first-order valence-corrected chi connectivity index (χ1v) is 7.08. The summed E-state index contributed by atoms with van der Waals surface area (Å²) in [4.78, 5) is 20.2. The van der Waals surface area contributed by atoms with Crippen molar-refractivity contribution in [1.29, 1.82) is 0 Å². The molecule has 0 spiro atoms. The van der Waals surface area contributed by atoms with Gasteiger partial charge in [0, 0.05) is 18.7 Å². The molecule has 1 aromatic heterocycles. The highest BCUT2D eigenvalue weighted by Crippen LogP contribution is 2.11. The minimum absolute atomic E-state index is 0.231. The largest absolute Gasteiger partial charge is 0.497 e. The van der Waals surface area contributed by atoms with Crippen LogP contribution in [0.2, 0.25) is 0 Å². The number of amides is 1. The van der Waals surface area contributed by atoms with Crippen molar-refractivity contribution in [2.45, 2.75) is 26.4 Å². The summed E-state index contributed by atoms with van der Waals surface area (Å²) in [5, 5.41) is 5.98. The molecule has 116 valence electrons. The summed E-state index contributed by atoms with van der Waals surface area (Å²) in [7, 11) is 1.62. The number of aromatic nitrogens is 2. The molecule has 1 aromatic carbocycles. The smallest absolute Gasteiger partial charge is 0.270 e. The van der Waals surface area contributed by atoms with Crippen LogP contribution in [0.1, 0.15) is 29.9 Å². The van der Waals surface area contributed by atoms with Gasteiger partial charge in [-0.1, -0.05) is 12.1 Å². The molecule has 0 bridgehead atoms. The third-order valence-electron chi connectivity index (χ3n) is 2.95. The molecule has 6 nitrogen and oxygen atoms in total. The van der Waals surface area contributed by atoms with Crippen LogP contribution in [0.3, 0.4) is 0 Å². The van der Waals surface area contributed by atoms with E-state index in [0.29, 0.717) is 18.1 Å². The lowest BCUT2D eigenvalue weighted by molar-refractivity contribution is 0.0946. The molecule has 0 aliphatic rings. The van der Waals surface area contributed by atoms with Gasteiger partial charge in [-0.05, 0) is 31.5 Å². The van der Waals surface area contributed by atoms with Gasteiger partial charge in [0.1, 0.15) is 23.6 Å². The average molecular weight is 300 g/mol. The lowest BCUT2D eigenvalue weighted by Gasteiger charge is -2.10. The minimum Gasteiger partial charge on any atom is -0.497 e. The number of hydrogen-bond donors (Lipinski definition) is 2. The highest BCUT2D eigenvalue weighted by Gasteiger charge is 2.09. The van der Waals surface area contributed by atoms with E-state index in [1.54, 1.807) is 13.2 Å². The van der Waals surface area contributed by atoms with Crippen molar-refractivity contribution >= 4 is 11.7 Å². The zero-order chi connectivity index (χ0) is 15.9. The van der Waals surface area contributed by atoms with E-state index in [9.17, 15) is 4.79 Å². The molecule has 1 heterocycles. The van der Waals surface area contributed by atoms with Crippen LogP contribution in [0.4, 0.5) is 5.82 Å². The third-order valence-corrected chi connectivity index (χ3v) is 2.95. The van der Waals surface area contributed by atoms with E-state index in [0.717, 1.165) is 11.3 Å². The zero-order valence-corrected chi connectivity index (χ0v) is 13.0. The fourth-order valence-corrected chi connectivity index (χ4v) is 1.87. The van der Waals surface area contributed by atoms with Crippen molar-refractivity contribution in [2.75, 3.05) is 12.4 Å². The Morgan fingerprint density at radius 1 is 1.23 bits per heavy atom. The highest BCUT2D eigenvalue weighted by atomic mass is 16.5. The van der Waals surface area contributed by atoms with Gasteiger partial charge in [-0.2, -0.15) is 0 Å². The van der Waals surface area contributed by atoms with Crippen molar-refractivity contribution in [2.24, 2.45) is 0 Å². The van der Waals surface area contributed by atoms with Crippen LogP contribution in [0.25, 0.3) is 0 Å². The van der Waals surface area contributed by atoms with Gasteiger partial charge >= 0.3 is 0 Å². The van der Waals surface area contributed by atoms with Gasteiger partial charge in [-0.3, -0.25) is 4.79 Å². The third kappa shape index (κ3) is 4.44. The first-order valence-electron chi connectivity index (χ1n) is 7.08. The molecule has 0 radical (unpaired) electrons. The Morgan fingerprint density at radius 2 is 1.95 bits per heavy atom. The highest BCUT2D eigenvalue weighted by molar-refractivity contribution is 5.92. The Morgan fingerprint density at radius 3 is 2.59 bits per heavy atom. The maximum atomic E-state index is 12.1. The summed E-state index contributed by atoms with van der Waals surface area (Å²) in [6.07, 6.45) is 1.38. The van der Waals surface area contributed by atoms with E-state index >= 15 is 0 Å². The number of rotatable bonds is 6. The fourth-order valence-electron chi connectivity index (χ4n) is 1.87. The molecule has 0 unspecified atom stereocenters. The Bertz CT molecular complexity index is 626. The first kappa shape index (κ1) is 15.8. The Hall–Kier alpha value is -2.63. The van der Waals surface area contributed by atoms with Crippen molar-refractivity contribution in [3.63, 3.8) is 0 Å². The van der Waals surface area contributed by atoms with Gasteiger partial charge in [-0.15, -0.1) is 0 Å². The van der Waals surface area contributed by atoms with Crippen molar-refractivity contribution in [3.8, 4) is 5.75 Å². The summed E-state index contributed by atoms with van der Waals surface area (Å²) in [6, 6.07) is 9.41. The summed E-state index contributed by atoms with van der Waals surface area (Å²) < 4.78 is 5.10. The molecule has 0 aliphatic carbocycles. The topological polar surface area (TPSA) is 76.1 Å². The molecule has 0 saturated heterocycles. The van der Waals surface area contributed by atoms with Gasteiger partial charge in [0.15, 0.2) is 0 Å². The van der Waals surface area contributed by atoms with Crippen LogP contribution in [0.5, 0.6) is 5.75 Å². The molecule has 0 atom stereocenters. The minimum atomic E-state index is -0.231. The van der Waals surface area contributed by atoms with Crippen LogP contribution in [0, 0.1) is 0 Å². The number of benzene rings is 1. The first-order chi connectivity index (χ1) is 10.6. The molecule has 6 heteroatoms. The second-order valence-electron chi connectivity index (χ2n) is 5.12. The van der Waals surface area contributed by atoms with Crippen LogP contribution in [-0.2, 0) is 6.54 Å². The second-order valence-corrected chi connectivity index (χ2v) is 5.12. The van der Waals surface area contributed by atoms with Crippen molar-refractivity contribution in [1.82, 2.24) is 15.3 Å². The Labute approximate surface area is 129 Å². The van der Waals surface area contributed by atoms with Crippen LogP contribution < -0.4 is 15.4 Å². The number of nitrogens with zero attached hydrogens (tertiary/aromatic N) is 2. The van der Waals surface area contributed by atoms with E-state index < -0.39 is 0 Å². The summed E-state index contributed by atoms with van der Waals surface area (Å²) >= 11 is 0. The number of hydrogen-bond acceptors (Lipinski definition) is 5. The number of methoxy groups -OCH3 is 1. The molecule has 0 aliphatic heterocycles. The fraction of sp³-hybridized carbons (Fsp3) is 0.312. The average Bonchev–Trinajstić information content (AvgIpc) is 2.52. The maximum Gasteiger partial charge on any atom is 0.270 e. The van der Waals surface area contributed by atoms with Gasteiger partial charge in [0.05, 0.1) is 7.11 Å². The van der Waals surface area contributed by atoms with E-state index in [1.807, 2.05) is 38.1 Å². The monoisotopic (exact) mass is 300 g/mol. The van der Waals surface area contributed by atoms with Crippen molar-refractivity contribution in [3.05, 3.63) is 47.9 Å². The molecule has 0 saturated carbocycles. The number of carbonyl (C=O) groups is 1. The number of nitrogens with one attached hydrogen (secondary N) is 2. The predicted molar refractivity (Wildman–Crippen MR) is 85.0 cm³/mol. The lowest BCUT2D eigenvalue weighted by Crippen LogP contribution is -2.24. The molecule has 2 rings (SSSR count). The van der Waals surface area contributed by atoms with Crippen LogP contribution in [0.15, 0.2) is 36.7 Å². The quantitative estimate of drug-likeness (QED) is 0.855. The molecular weight excluding hydrogens is 280 g/mol. The maximum absolute atomic E-state index is 12.1. The molecule has 1 amide bonds. The van der Waals surface area contributed by atoms with Gasteiger partial charge in [0.2, 0.25) is 0 Å². The summed E-state index contributed by atoms with van der Waals surface area (Å²) in [5.74, 6) is 1.19. The molecule has 0 fully saturated rings. The number of carbonyl (C=O) groups excluding carboxylic acids is 1. The van der Waals surface area contributed by atoms with Gasteiger partial charge < -0.3 is 15.4 Å². The standard InChI is InChI=1S/C16H20N4O2/c1-11(2)20-15-8-14(18-10-19-15)16(21)17-9-12-4-6-13(22-3)7-5-12/h4-8,10-11H,9H2,1-3H3,(H,17,21)(H,18,19,20). The van der Waals surface area contributed by atoms with E-state index in [2.05, 4.69) is 20.6 Å². The molecule has 2 aromatic rings. The van der Waals surface area contributed by atoms with E-state index in [1.165, 1.54) is 6.33 Å². The summed E-state index contributed by atoms with van der Waals surface area (Å²) in [5.41, 5.74) is 1.33. The zero-order valence-electron chi connectivity index (χ0n) is 13.0. The van der Waals surface area contributed by atoms with E-state index in [4.69, 9.17) is 4.74 Å². The molecule has 22 heavy (non-hydrogen) atoms. The van der Waals surface area contributed by atoms with Crippen molar-refractivity contribution < 1.29 is 9.53 Å². The van der Waals surface area contributed by atoms with Gasteiger partial charge in [-0.25, -0.2) is 9.97 Å². The van der Waals surface area contributed by atoms with E-state index in [-0.39, 0.29) is 11.9 Å². The Balaban J connectivity index is 1.96. The second kappa shape index (κ2) is 7.40. The van der Waals surface area contributed by atoms with Crippen LogP contribution >= 0.6 is 0 Å². The summed E-state index contributed by atoms with van der Waals surface area (Å²) in [6.45, 7) is 4.44. The molecular formula is C16H20N4O2. The molecule has 2 N–H and O–H groups in total. The number of anilines is 1. The Kier molecular flexibility index (Phi) is 5.30. The SMILES string of the molecule is COc1ccc(CNC(=O)c2cc(NC(C)C)ncn2)cc1. The normalized spacial score (nSPS) is 10.4.